The Kier molecular flexibility index (Phi) is 4.61. The smallest absolute Gasteiger partial charge is 0.119 e. The van der Waals surface area contributed by atoms with Gasteiger partial charge >= 0.3 is 0 Å². The molecule has 1 saturated carbocycles. The van der Waals surface area contributed by atoms with Crippen LogP contribution >= 0.6 is 0 Å². The second-order valence-electron chi connectivity index (χ2n) is 5.09. The molecule has 2 rings (SSSR count). The first-order valence-electron chi connectivity index (χ1n) is 6.75. The molecule has 0 amide bonds. The summed E-state index contributed by atoms with van der Waals surface area (Å²) >= 11 is 0. The van der Waals surface area contributed by atoms with Crippen molar-refractivity contribution in [1.82, 2.24) is 0 Å². The summed E-state index contributed by atoms with van der Waals surface area (Å²) in [6.07, 6.45) is 5.95. The topological polar surface area (TPSA) is 44.5 Å². The van der Waals surface area contributed by atoms with Crippen molar-refractivity contribution in [2.45, 2.75) is 44.3 Å². The predicted molar refractivity (Wildman–Crippen MR) is 72.7 cm³/mol. The molecule has 0 aliphatic heterocycles. The van der Waals surface area contributed by atoms with Crippen molar-refractivity contribution >= 4 is 0 Å². The minimum absolute atomic E-state index is 0.0959. The molecular formula is C15H23NO2. The summed E-state index contributed by atoms with van der Waals surface area (Å²) in [5.74, 6) is 0.876. The number of hydrogen-bond donors (Lipinski definition) is 1. The van der Waals surface area contributed by atoms with E-state index in [1.54, 1.807) is 7.11 Å². The summed E-state index contributed by atoms with van der Waals surface area (Å²) in [5, 5.41) is 0. The van der Waals surface area contributed by atoms with Gasteiger partial charge < -0.3 is 15.2 Å². The maximum absolute atomic E-state index is 6.12. The highest BCUT2D eigenvalue weighted by Crippen LogP contribution is 2.31. The van der Waals surface area contributed by atoms with Crippen LogP contribution in [0.3, 0.4) is 0 Å². The van der Waals surface area contributed by atoms with E-state index in [2.05, 4.69) is 6.07 Å². The van der Waals surface area contributed by atoms with Crippen molar-refractivity contribution in [2.75, 3.05) is 13.7 Å². The lowest BCUT2D eigenvalue weighted by molar-refractivity contribution is -0.0734. The zero-order valence-corrected chi connectivity index (χ0v) is 11.2. The van der Waals surface area contributed by atoms with E-state index in [1.165, 1.54) is 19.3 Å². The van der Waals surface area contributed by atoms with Gasteiger partial charge in [0.05, 0.1) is 19.3 Å². The first kappa shape index (κ1) is 13.4. The number of benzene rings is 1. The van der Waals surface area contributed by atoms with Gasteiger partial charge in [0.15, 0.2) is 0 Å². The standard InChI is InChI=1S/C15H23NO2/c1-17-14-7-5-6-13(10-14)11-18-15(12-16)8-3-2-4-9-15/h5-7,10H,2-4,8-9,11-12,16H2,1H3. The Morgan fingerprint density at radius 3 is 2.67 bits per heavy atom. The van der Waals surface area contributed by atoms with Crippen molar-refractivity contribution < 1.29 is 9.47 Å². The Labute approximate surface area is 109 Å². The number of rotatable bonds is 5. The van der Waals surface area contributed by atoms with Crippen LogP contribution in [0.15, 0.2) is 24.3 Å². The molecule has 0 saturated heterocycles. The first-order chi connectivity index (χ1) is 8.78. The van der Waals surface area contributed by atoms with Gasteiger partial charge in [-0.1, -0.05) is 31.4 Å². The van der Waals surface area contributed by atoms with Crippen molar-refractivity contribution in [3.05, 3.63) is 29.8 Å². The molecule has 100 valence electrons. The summed E-state index contributed by atoms with van der Waals surface area (Å²) < 4.78 is 11.3. The SMILES string of the molecule is COc1cccc(COC2(CN)CCCCC2)c1. The molecule has 0 atom stereocenters. The Balaban J connectivity index is 1.96. The minimum atomic E-state index is -0.0959. The maximum Gasteiger partial charge on any atom is 0.119 e. The average Bonchev–Trinajstić information content (AvgIpc) is 2.46. The van der Waals surface area contributed by atoms with Crippen LogP contribution in [0, 0.1) is 0 Å². The van der Waals surface area contributed by atoms with Crippen LogP contribution in [0.5, 0.6) is 5.75 Å². The van der Waals surface area contributed by atoms with Crippen molar-refractivity contribution in [1.29, 1.82) is 0 Å². The van der Waals surface area contributed by atoms with E-state index in [0.717, 1.165) is 24.2 Å². The van der Waals surface area contributed by atoms with Gasteiger partial charge in [0, 0.05) is 6.54 Å². The highest BCUT2D eigenvalue weighted by Gasteiger charge is 2.31. The van der Waals surface area contributed by atoms with E-state index in [-0.39, 0.29) is 5.60 Å². The lowest BCUT2D eigenvalue weighted by atomic mass is 9.84. The van der Waals surface area contributed by atoms with Gasteiger partial charge in [0.1, 0.15) is 5.75 Å². The Morgan fingerprint density at radius 2 is 2.00 bits per heavy atom. The van der Waals surface area contributed by atoms with Gasteiger partial charge in [-0.15, -0.1) is 0 Å². The quantitative estimate of drug-likeness (QED) is 0.872. The highest BCUT2D eigenvalue weighted by atomic mass is 16.5. The molecule has 3 nitrogen and oxygen atoms in total. The first-order valence-corrected chi connectivity index (χ1v) is 6.75. The molecule has 2 N–H and O–H groups in total. The number of methoxy groups -OCH3 is 1. The average molecular weight is 249 g/mol. The third-order valence-corrected chi connectivity index (χ3v) is 3.82. The second kappa shape index (κ2) is 6.21. The van der Waals surface area contributed by atoms with E-state index in [9.17, 15) is 0 Å². The van der Waals surface area contributed by atoms with Crippen LogP contribution in [-0.2, 0) is 11.3 Å². The third-order valence-electron chi connectivity index (χ3n) is 3.82. The Bertz CT molecular complexity index is 373. The molecule has 1 aliphatic rings. The van der Waals surface area contributed by atoms with Gasteiger partial charge in [0.25, 0.3) is 0 Å². The van der Waals surface area contributed by atoms with Gasteiger partial charge in [-0.3, -0.25) is 0 Å². The molecule has 0 aromatic heterocycles. The molecule has 1 aliphatic carbocycles. The van der Waals surface area contributed by atoms with E-state index in [0.29, 0.717) is 13.2 Å². The number of ether oxygens (including phenoxy) is 2. The van der Waals surface area contributed by atoms with Crippen LogP contribution in [0.1, 0.15) is 37.7 Å². The molecule has 18 heavy (non-hydrogen) atoms. The highest BCUT2D eigenvalue weighted by molar-refractivity contribution is 5.27. The molecule has 0 bridgehead atoms. The largest absolute Gasteiger partial charge is 0.497 e. The zero-order valence-electron chi connectivity index (χ0n) is 11.2. The van der Waals surface area contributed by atoms with Gasteiger partial charge in [-0.25, -0.2) is 0 Å². The fourth-order valence-electron chi connectivity index (χ4n) is 2.60. The number of hydrogen-bond acceptors (Lipinski definition) is 3. The van der Waals surface area contributed by atoms with Crippen LogP contribution in [0.4, 0.5) is 0 Å². The van der Waals surface area contributed by atoms with Crippen LogP contribution in [0.25, 0.3) is 0 Å². The van der Waals surface area contributed by atoms with Crippen LogP contribution in [-0.4, -0.2) is 19.3 Å². The summed E-state index contributed by atoms with van der Waals surface area (Å²) in [6.45, 7) is 1.24. The van der Waals surface area contributed by atoms with Crippen molar-refractivity contribution in [3.63, 3.8) is 0 Å². The fourth-order valence-corrected chi connectivity index (χ4v) is 2.60. The van der Waals surface area contributed by atoms with E-state index in [1.807, 2.05) is 18.2 Å². The summed E-state index contributed by atoms with van der Waals surface area (Å²) in [7, 11) is 1.68. The monoisotopic (exact) mass is 249 g/mol. The molecular weight excluding hydrogens is 226 g/mol. The van der Waals surface area contributed by atoms with Crippen LogP contribution in [0.2, 0.25) is 0 Å². The summed E-state index contributed by atoms with van der Waals surface area (Å²) in [4.78, 5) is 0. The Hall–Kier alpha value is -1.06. The second-order valence-corrected chi connectivity index (χ2v) is 5.09. The molecule has 1 fully saturated rings. The Morgan fingerprint density at radius 1 is 1.22 bits per heavy atom. The van der Waals surface area contributed by atoms with Crippen molar-refractivity contribution in [3.8, 4) is 5.75 Å². The molecule has 0 unspecified atom stereocenters. The molecule has 1 aromatic carbocycles. The van der Waals surface area contributed by atoms with Gasteiger partial charge in [0.2, 0.25) is 0 Å². The lowest BCUT2D eigenvalue weighted by Crippen LogP contribution is -2.42. The molecule has 0 spiro atoms. The third kappa shape index (κ3) is 3.24. The molecule has 0 heterocycles. The zero-order chi connectivity index (χ0) is 12.8. The van der Waals surface area contributed by atoms with Gasteiger partial charge in [-0.05, 0) is 30.5 Å². The number of nitrogens with two attached hydrogens (primary N) is 1. The molecule has 0 radical (unpaired) electrons. The molecule has 3 heteroatoms. The van der Waals surface area contributed by atoms with E-state index in [4.69, 9.17) is 15.2 Å². The van der Waals surface area contributed by atoms with E-state index < -0.39 is 0 Å². The summed E-state index contributed by atoms with van der Waals surface area (Å²) in [6, 6.07) is 8.03. The summed E-state index contributed by atoms with van der Waals surface area (Å²) in [5.41, 5.74) is 6.96. The van der Waals surface area contributed by atoms with Crippen LogP contribution < -0.4 is 10.5 Å². The predicted octanol–water partition coefficient (Wildman–Crippen LogP) is 2.87. The van der Waals surface area contributed by atoms with E-state index >= 15 is 0 Å². The lowest BCUT2D eigenvalue weighted by Gasteiger charge is -2.36. The normalized spacial score (nSPS) is 18.6. The molecule has 1 aromatic rings. The van der Waals surface area contributed by atoms with Crippen molar-refractivity contribution in [2.24, 2.45) is 5.73 Å². The fraction of sp³-hybridized carbons (Fsp3) is 0.600. The maximum atomic E-state index is 6.12. The van der Waals surface area contributed by atoms with Gasteiger partial charge in [-0.2, -0.15) is 0 Å². The minimum Gasteiger partial charge on any atom is -0.497 e.